The summed E-state index contributed by atoms with van der Waals surface area (Å²) in [7, 11) is 0.764. The third-order valence-corrected chi connectivity index (χ3v) is 10.9. The monoisotopic (exact) mass is 609 g/mol. The quantitative estimate of drug-likeness (QED) is 0.204. The number of aromatic nitrogens is 5. The van der Waals surface area contributed by atoms with E-state index in [0.29, 0.717) is 23.2 Å². The molecule has 2 fully saturated rings. The van der Waals surface area contributed by atoms with E-state index < -0.39 is 8.07 Å². The van der Waals surface area contributed by atoms with Gasteiger partial charge in [0.05, 0.1) is 12.0 Å². The minimum atomic E-state index is -1.24. The van der Waals surface area contributed by atoms with Crippen LogP contribution in [-0.4, -0.2) is 43.7 Å². The molecule has 0 unspecified atom stereocenters. The molecule has 1 N–H and O–H groups in total. The number of aliphatic hydroxyl groups is 1. The highest BCUT2D eigenvalue weighted by Crippen LogP contribution is 2.70. The van der Waals surface area contributed by atoms with Gasteiger partial charge in [0, 0.05) is 49.2 Å². The summed E-state index contributed by atoms with van der Waals surface area (Å²) in [6.45, 7) is 7.63. The van der Waals surface area contributed by atoms with Gasteiger partial charge < -0.3 is 19.0 Å². The van der Waals surface area contributed by atoms with E-state index in [2.05, 4.69) is 57.9 Å². The van der Waals surface area contributed by atoms with Gasteiger partial charge in [-0.2, -0.15) is 0 Å². The number of hydrogen-bond acceptors (Lipinski definition) is 5. The number of hydrogen-bond donors (Lipinski definition) is 1. The highest BCUT2D eigenvalue weighted by molar-refractivity contribution is 9.10. The van der Waals surface area contributed by atoms with Crippen LogP contribution in [0.1, 0.15) is 42.8 Å². The number of pyridine rings is 1. The predicted octanol–water partition coefficient (Wildman–Crippen LogP) is 5.35. The Morgan fingerprint density at radius 3 is 2.59 bits per heavy atom. The maximum Gasteiger partial charge on any atom is 0.279 e. The van der Waals surface area contributed by atoms with Crippen LogP contribution in [0.4, 0.5) is 0 Å². The summed E-state index contributed by atoms with van der Waals surface area (Å²) in [5.41, 5.74) is 3.26. The van der Waals surface area contributed by atoms with Crippen molar-refractivity contribution in [3.63, 3.8) is 0 Å². The summed E-state index contributed by atoms with van der Waals surface area (Å²) < 4.78 is 12.4. The Morgan fingerprint density at radius 2 is 1.95 bits per heavy atom. The third-order valence-electron chi connectivity index (χ3n) is 8.61. The molecule has 2 saturated carbocycles. The number of ether oxygens (including phenoxy) is 1. The van der Waals surface area contributed by atoms with Gasteiger partial charge in [0.1, 0.15) is 24.4 Å². The minimum Gasteiger partial charge on any atom is -0.390 e. The van der Waals surface area contributed by atoms with E-state index in [1.54, 1.807) is 10.9 Å². The summed E-state index contributed by atoms with van der Waals surface area (Å²) in [4.78, 5) is 14.0. The lowest BCUT2D eigenvalue weighted by atomic mass is 9.56. The van der Waals surface area contributed by atoms with Crippen LogP contribution < -0.4 is 5.56 Å². The van der Waals surface area contributed by atoms with Crippen molar-refractivity contribution in [1.82, 2.24) is 23.9 Å². The summed E-state index contributed by atoms with van der Waals surface area (Å²) in [6.07, 6.45) is 8.28. The van der Waals surface area contributed by atoms with Crippen molar-refractivity contribution >= 4 is 34.9 Å². The molecule has 206 valence electrons. The number of halogens is 1. The van der Waals surface area contributed by atoms with E-state index in [9.17, 15) is 9.90 Å². The molecule has 10 heteroatoms. The zero-order valence-corrected chi connectivity index (χ0v) is 25.7. The summed E-state index contributed by atoms with van der Waals surface area (Å²) in [6, 6.07) is 11.2. The number of aliphatic hydroxyl groups excluding tert-OH is 1. The fourth-order valence-electron chi connectivity index (χ4n) is 6.29. The maximum atomic E-state index is 14.0. The van der Waals surface area contributed by atoms with Crippen molar-refractivity contribution in [2.24, 2.45) is 12.5 Å². The van der Waals surface area contributed by atoms with Crippen molar-refractivity contribution < 1.29 is 9.84 Å². The topological polar surface area (TPSA) is 87.1 Å². The molecule has 3 aromatic heterocycles. The van der Waals surface area contributed by atoms with Gasteiger partial charge in [0.25, 0.3) is 5.56 Å². The summed E-state index contributed by atoms with van der Waals surface area (Å²) in [5, 5.41) is 19.6. The molecule has 8 nitrogen and oxygen atoms in total. The SMILES string of the molecule is Cn1cnnc1C1(c2cccc(-n3cc(Br)c4cc(CO)n(COCC[Si](C)(C)C)c4c3=O)c2)CC2(CC2)C1. The average molecular weight is 611 g/mol. The lowest BCUT2D eigenvalue weighted by molar-refractivity contribution is 0.0852. The van der Waals surface area contributed by atoms with Gasteiger partial charge in [0.15, 0.2) is 0 Å². The lowest BCUT2D eigenvalue weighted by Gasteiger charge is -2.48. The Bertz CT molecular complexity index is 1600. The summed E-state index contributed by atoms with van der Waals surface area (Å²) in [5.74, 6) is 0.984. The molecule has 1 spiro atoms. The van der Waals surface area contributed by atoms with Gasteiger partial charge in [-0.05, 0) is 76.8 Å². The lowest BCUT2D eigenvalue weighted by Crippen LogP contribution is -2.45. The van der Waals surface area contributed by atoms with Crippen LogP contribution in [-0.2, 0) is 30.5 Å². The first-order valence-electron chi connectivity index (χ1n) is 13.6. The van der Waals surface area contributed by atoms with Crippen molar-refractivity contribution in [3.05, 3.63) is 74.8 Å². The number of nitrogens with zero attached hydrogens (tertiary/aromatic N) is 5. The van der Waals surface area contributed by atoms with Crippen LogP contribution >= 0.6 is 15.9 Å². The first-order chi connectivity index (χ1) is 18.6. The van der Waals surface area contributed by atoms with Gasteiger partial charge in [-0.25, -0.2) is 0 Å². The Morgan fingerprint density at radius 1 is 1.18 bits per heavy atom. The summed E-state index contributed by atoms with van der Waals surface area (Å²) >= 11 is 3.70. The molecule has 2 aliphatic rings. The number of fused-ring (bicyclic) bond motifs is 1. The van der Waals surface area contributed by atoms with Gasteiger partial charge in [-0.1, -0.05) is 31.8 Å². The van der Waals surface area contributed by atoms with E-state index >= 15 is 0 Å². The Hall–Kier alpha value is -2.53. The van der Waals surface area contributed by atoms with Crippen molar-refractivity contribution in [2.75, 3.05) is 6.61 Å². The average Bonchev–Trinajstić information content (AvgIpc) is 3.39. The van der Waals surface area contributed by atoms with Gasteiger partial charge >= 0.3 is 0 Å². The maximum absolute atomic E-state index is 14.0. The molecular weight excluding hydrogens is 574 g/mol. The zero-order valence-electron chi connectivity index (χ0n) is 23.1. The van der Waals surface area contributed by atoms with E-state index in [0.717, 1.165) is 45.8 Å². The second kappa shape index (κ2) is 9.54. The zero-order chi connectivity index (χ0) is 27.6. The minimum absolute atomic E-state index is 0.140. The standard InChI is InChI=1S/C29H36BrN5O3Si/c1-33-18-31-32-27(33)29(16-28(17-29)8-9-28)20-6-5-7-21(12-20)34-14-24(30)23-13-22(15-36)35(25(23)26(34)37)19-38-10-11-39(2,3)4/h5-7,12-14,18,36H,8-11,15-17,19H2,1-4H3. The molecule has 0 radical (unpaired) electrons. The highest BCUT2D eigenvalue weighted by Gasteiger charge is 2.63. The van der Waals surface area contributed by atoms with Crippen LogP contribution in [0, 0.1) is 5.41 Å². The normalized spacial score (nSPS) is 17.6. The molecule has 3 heterocycles. The largest absolute Gasteiger partial charge is 0.390 e. The molecule has 0 aliphatic heterocycles. The molecule has 39 heavy (non-hydrogen) atoms. The van der Waals surface area contributed by atoms with E-state index in [1.165, 1.54) is 12.8 Å². The highest BCUT2D eigenvalue weighted by atomic mass is 79.9. The Balaban J connectivity index is 1.41. The Labute approximate surface area is 237 Å². The first-order valence-corrected chi connectivity index (χ1v) is 18.1. The van der Waals surface area contributed by atoms with E-state index in [1.807, 2.05) is 40.6 Å². The molecular formula is C29H36BrN5O3Si. The van der Waals surface area contributed by atoms with Crippen LogP contribution in [0.3, 0.4) is 0 Å². The molecule has 0 saturated heterocycles. The van der Waals surface area contributed by atoms with Gasteiger partial charge in [-0.3, -0.25) is 9.36 Å². The number of benzene rings is 1. The number of aryl methyl sites for hydroxylation is 1. The van der Waals surface area contributed by atoms with Crippen LogP contribution in [0.25, 0.3) is 16.6 Å². The molecule has 6 rings (SSSR count). The van der Waals surface area contributed by atoms with Crippen LogP contribution in [0.5, 0.6) is 0 Å². The predicted molar refractivity (Wildman–Crippen MR) is 158 cm³/mol. The van der Waals surface area contributed by atoms with Crippen molar-refractivity contribution in [3.8, 4) is 5.69 Å². The molecule has 0 amide bonds. The molecule has 4 aromatic rings. The fourth-order valence-corrected chi connectivity index (χ4v) is 7.56. The molecule has 0 atom stereocenters. The molecule has 1 aromatic carbocycles. The molecule has 0 bridgehead atoms. The smallest absolute Gasteiger partial charge is 0.279 e. The first kappa shape index (κ1) is 26.7. The van der Waals surface area contributed by atoms with Gasteiger partial charge in [0.2, 0.25) is 0 Å². The second-order valence-corrected chi connectivity index (χ2v) is 19.2. The van der Waals surface area contributed by atoms with E-state index in [4.69, 9.17) is 4.74 Å². The number of rotatable bonds is 9. The third kappa shape index (κ3) is 4.65. The second-order valence-electron chi connectivity index (χ2n) is 12.7. The van der Waals surface area contributed by atoms with Crippen LogP contribution in [0.15, 0.2) is 52.1 Å². The fraction of sp³-hybridized carbons (Fsp3) is 0.483. The van der Waals surface area contributed by atoms with E-state index in [-0.39, 0.29) is 24.3 Å². The van der Waals surface area contributed by atoms with Crippen molar-refractivity contribution in [2.45, 2.75) is 70.1 Å². The van der Waals surface area contributed by atoms with Gasteiger partial charge in [-0.15, -0.1) is 10.2 Å². The Kier molecular flexibility index (Phi) is 6.52. The van der Waals surface area contributed by atoms with Crippen LogP contribution in [0.2, 0.25) is 25.7 Å². The molecule has 2 aliphatic carbocycles. The van der Waals surface area contributed by atoms with Crippen molar-refractivity contribution in [1.29, 1.82) is 0 Å².